The Morgan fingerprint density at radius 1 is 1.53 bits per heavy atom. The fourth-order valence-corrected chi connectivity index (χ4v) is 1.99. The Hall–Kier alpha value is -1.07. The van der Waals surface area contributed by atoms with E-state index in [4.69, 9.17) is 11.6 Å². The average molecular weight is 276 g/mol. The summed E-state index contributed by atoms with van der Waals surface area (Å²) >= 11 is 5.73. The van der Waals surface area contributed by atoms with Crippen LogP contribution in [0, 0.1) is 0 Å². The van der Waals surface area contributed by atoms with Gasteiger partial charge in [0.15, 0.2) is 0 Å². The quantitative estimate of drug-likeness (QED) is 0.801. The standard InChI is InChI=1S/C11H14ClNO3S/c1-17(16)6-2-5-13-11(15)9-7-8(12)3-4-10(9)14/h3-4,7,14H,2,5-6H2,1H3,(H,13,15). The van der Waals surface area contributed by atoms with Gasteiger partial charge in [-0.25, -0.2) is 0 Å². The first-order chi connectivity index (χ1) is 8.00. The van der Waals surface area contributed by atoms with Gasteiger partial charge in [-0.1, -0.05) is 11.6 Å². The van der Waals surface area contributed by atoms with Gasteiger partial charge in [0.2, 0.25) is 0 Å². The second kappa shape index (κ2) is 6.61. The van der Waals surface area contributed by atoms with Gasteiger partial charge in [-0.05, 0) is 24.6 Å². The molecule has 0 spiro atoms. The molecule has 1 amide bonds. The number of hydrogen-bond donors (Lipinski definition) is 2. The third kappa shape index (κ3) is 4.75. The van der Waals surface area contributed by atoms with E-state index in [2.05, 4.69) is 5.32 Å². The SMILES string of the molecule is CS(=O)CCCNC(=O)c1cc(Cl)ccc1O. The number of carbonyl (C=O) groups is 1. The average Bonchev–Trinajstić information content (AvgIpc) is 2.27. The summed E-state index contributed by atoms with van der Waals surface area (Å²) in [5.41, 5.74) is 0.148. The second-order valence-electron chi connectivity index (χ2n) is 3.55. The Morgan fingerprint density at radius 3 is 2.88 bits per heavy atom. The van der Waals surface area contributed by atoms with Crippen LogP contribution in [0.3, 0.4) is 0 Å². The molecule has 0 aliphatic carbocycles. The van der Waals surface area contributed by atoms with E-state index in [1.165, 1.54) is 18.2 Å². The highest BCUT2D eigenvalue weighted by molar-refractivity contribution is 7.84. The number of phenolic OH excluding ortho intramolecular Hbond substituents is 1. The molecule has 17 heavy (non-hydrogen) atoms. The largest absolute Gasteiger partial charge is 0.507 e. The summed E-state index contributed by atoms with van der Waals surface area (Å²) in [4.78, 5) is 11.7. The van der Waals surface area contributed by atoms with E-state index in [0.717, 1.165) is 0 Å². The number of nitrogens with one attached hydrogen (secondary N) is 1. The molecule has 1 aromatic rings. The van der Waals surface area contributed by atoms with Gasteiger partial charge in [0.25, 0.3) is 5.91 Å². The lowest BCUT2D eigenvalue weighted by Crippen LogP contribution is -2.25. The molecule has 0 heterocycles. The molecule has 0 radical (unpaired) electrons. The van der Waals surface area contributed by atoms with Crippen molar-refractivity contribution in [2.75, 3.05) is 18.6 Å². The molecule has 1 unspecified atom stereocenters. The van der Waals surface area contributed by atoms with E-state index >= 15 is 0 Å². The molecule has 0 aliphatic heterocycles. The summed E-state index contributed by atoms with van der Waals surface area (Å²) < 4.78 is 10.8. The van der Waals surface area contributed by atoms with E-state index in [-0.39, 0.29) is 17.2 Å². The highest BCUT2D eigenvalue weighted by Crippen LogP contribution is 2.21. The van der Waals surface area contributed by atoms with Crippen molar-refractivity contribution in [2.45, 2.75) is 6.42 Å². The van der Waals surface area contributed by atoms with E-state index in [9.17, 15) is 14.1 Å². The van der Waals surface area contributed by atoms with E-state index in [0.29, 0.717) is 23.7 Å². The van der Waals surface area contributed by atoms with Crippen LogP contribution in [0.5, 0.6) is 5.75 Å². The highest BCUT2D eigenvalue weighted by Gasteiger charge is 2.10. The molecule has 1 atom stereocenters. The van der Waals surface area contributed by atoms with Gasteiger partial charge in [0.1, 0.15) is 5.75 Å². The van der Waals surface area contributed by atoms with Gasteiger partial charge in [-0.2, -0.15) is 0 Å². The molecule has 0 aromatic heterocycles. The zero-order chi connectivity index (χ0) is 12.8. The Morgan fingerprint density at radius 2 is 2.24 bits per heavy atom. The van der Waals surface area contributed by atoms with E-state index < -0.39 is 10.8 Å². The fourth-order valence-electron chi connectivity index (χ4n) is 1.26. The maximum atomic E-state index is 11.7. The topological polar surface area (TPSA) is 66.4 Å². The minimum atomic E-state index is -0.855. The highest BCUT2D eigenvalue weighted by atomic mass is 35.5. The Balaban J connectivity index is 2.52. The Labute approximate surface area is 107 Å². The minimum absolute atomic E-state index is 0.106. The van der Waals surface area contributed by atoms with Crippen LogP contribution in [-0.2, 0) is 10.8 Å². The molecule has 0 aliphatic rings. The summed E-state index contributed by atoms with van der Waals surface area (Å²) in [5, 5.41) is 12.5. The lowest BCUT2D eigenvalue weighted by molar-refractivity contribution is 0.0951. The number of halogens is 1. The molecule has 0 fully saturated rings. The van der Waals surface area contributed by atoms with Gasteiger partial charge in [0, 0.05) is 34.4 Å². The van der Waals surface area contributed by atoms with Crippen LogP contribution in [0.15, 0.2) is 18.2 Å². The van der Waals surface area contributed by atoms with E-state index in [1.54, 1.807) is 6.26 Å². The van der Waals surface area contributed by atoms with Crippen molar-refractivity contribution in [2.24, 2.45) is 0 Å². The molecular weight excluding hydrogens is 262 g/mol. The molecule has 6 heteroatoms. The van der Waals surface area contributed by atoms with Crippen LogP contribution < -0.4 is 5.32 Å². The van der Waals surface area contributed by atoms with Crippen molar-refractivity contribution >= 4 is 28.3 Å². The summed E-state index contributed by atoms with van der Waals surface area (Å²) in [6.07, 6.45) is 2.25. The van der Waals surface area contributed by atoms with Crippen LogP contribution in [0.1, 0.15) is 16.8 Å². The normalized spacial score (nSPS) is 12.1. The van der Waals surface area contributed by atoms with Crippen molar-refractivity contribution in [1.82, 2.24) is 5.32 Å². The van der Waals surface area contributed by atoms with Crippen LogP contribution in [-0.4, -0.2) is 33.8 Å². The molecular formula is C11H14ClNO3S. The van der Waals surface area contributed by atoms with Gasteiger partial charge < -0.3 is 10.4 Å². The van der Waals surface area contributed by atoms with Gasteiger partial charge >= 0.3 is 0 Å². The predicted octanol–water partition coefficient (Wildman–Crippen LogP) is 1.54. The number of benzene rings is 1. The van der Waals surface area contributed by atoms with Crippen molar-refractivity contribution in [3.05, 3.63) is 28.8 Å². The zero-order valence-electron chi connectivity index (χ0n) is 9.40. The van der Waals surface area contributed by atoms with Gasteiger partial charge in [-0.3, -0.25) is 9.00 Å². The second-order valence-corrected chi connectivity index (χ2v) is 5.54. The number of amides is 1. The predicted molar refractivity (Wildman–Crippen MR) is 69.0 cm³/mol. The molecule has 1 rings (SSSR count). The van der Waals surface area contributed by atoms with Crippen molar-refractivity contribution in [3.63, 3.8) is 0 Å². The summed E-state index contributed by atoms with van der Waals surface area (Å²) in [6, 6.07) is 4.29. The molecule has 0 saturated carbocycles. The monoisotopic (exact) mass is 275 g/mol. The van der Waals surface area contributed by atoms with Crippen molar-refractivity contribution in [1.29, 1.82) is 0 Å². The third-order valence-corrected chi connectivity index (χ3v) is 3.20. The first kappa shape index (κ1) is 14.0. The lowest BCUT2D eigenvalue weighted by atomic mass is 10.2. The number of phenols is 1. The van der Waals surface area contributed by atoms with E-state index in [1.807, 2.05) is 0 Å². The number of aromatic hydroxyl groups is 1. The summed E-state index contributed by atoms with van der Waals surface area (Å²) in [5.74, 6) is 0.0554. The third-order valence-electron chi connectivity index (χ3n) is 2.10. The Kier molecular flexibility index (Phi) is 5.44. The summed E-state index contributed by atoms with van der Waals surface area (Å²) in [6.45, 7) is 0.421. The zero-order valence-corrected chi connectivity index (χ0v) is 11.0. The van der Waals surface area contributed by atoms with Crippen LogP contribution in [0.4, 0.5) is 0 Å². The number of rotatable bonds is 5. The maximum Gasteiger partial charge on any atom is 0.255 e. The van der Waals surface area contributed by atoms with Crippen LogP contribution in [0.2, 0.25) is 5.02 Å². The lowest BCUT2D eigenvalue weighted by Gasteiger charge is -2.06. The number of carbonyl (C=O) groups excluding carboxylic acids is 1. The smallest absolute Gasteiger partial charge is 0.255 e. The fraction of sp³-hybridized carbons (Fsp3) is 0.364. The molecule has 0 saturated heterocycles. The van der Waals surface area contributed by atoms with Crippen molar-refractivity contribution in [3.8, 4) is 5.75 Å². The van der Waals surface area contributed by atoms with Crippen LogP contribution >= 0.6 is 11.6 Å². The number of hydrogen-bond acceptors (Lipinski definition) is 3. The van der Waals surface area contributed by atoms with Gasteiger partial charge in [0.05, 0.1) is 5.56 Å². The van der Waals surface area contributed by atoms with Gasteiger partial charge in [-0.15, -0.1) is 0 Å². The molecule has 94 valence electrons. The summed E-state index contributed by atoms with van der Waals surface area (Å²) in [7, 11) is -0.855. The molecule has 0 bridgehead atoms. The Bertz CT molecular complexity index is 437. The minimum Gasteiger partial charge on any atom is -0.507 e. The molecule has 2 N–H and O–H groups in total. The van der Waals surface area contributed by atoms with Crippen molar-refractivity contribution < 1.29 is 14.1 Å². The first-order valence-electron chi connectivity index (χ1n) is 5.07. The van der Waals surface area contributed by atoms with Crippen LogP contribution in [0.25, 0.3) is 0 Å². The first-order valence-corrected chi connectivity index (χ1v) is 7.18. The molecule has 4 nitrogen and oxygen atoms in total. The molecule has 1 aromatic carbocycles. The maximum absolute atomic E-state index is 11.7.